The summed E-state index contributed by atoms with van der Waals surface area (Å²) in [5, 5.41) is 2.70. The standard InChI is InChI=1S/C19H26F3N/c1-7-14-9-12(5)16(20)19(18(14)22)23-10-15(8-2)17(21)13(6)11(3)4/h8-9,11,13,23H,2,7,10H2,1,3-6H3/b17-15-. The fourth-order valence-electron chi connectivity index (χ4n) is 2.28. The van der Waals surface area contributed by atoms with Gasteiger partial charge in [-0.3, -0.25) is 0 Å². The smallest absolute Gasteiger partial charge is 0.152 e. The van der Waals surface area contributed by atoms with Crippen LogP contribution in [0.4, 0.5) is 18.9 Å². The number of benzene rings is 1. The Kier molecular flexibility index (Phi) is 6.92. The average Bonchev–Trinajstić information content (AvgIpc) is 2.52. The van der Waals surface area contributed by atoms with Crippen molar-refractivity contribution in [2.75, 3.05) is 11.9 Å². The molecule has 1 unspecified atom stereocenters. The molecule has 1 atom stereocenters. The Labute approximate surface area is 137 Å². The quantitative estimate of drug-likeness (QED) is 0.611. The van der Waals surface area contributed by atoms with Gasteiger partial charge in [0.05, 0.1) is 0 Å². The summed E-state index contributed by atoms with van der Waals surface area (Å²) in [4.78, 5) is 0. The molecule has 0 aliphatic heterocycles. The van der Waals surface area contributed by atoms with Gasteiger partial charge in [-0.2, -0.15) is 0 Å². The average molecular weight is 325 g/mol. The summed E-state index contributed by atoms with van der Waals surface area (Å²) in [6.45, 7) is 12.6. The van der Waals surface area contributed by atoms with Crippen LogP contribution in [0.15, 0.2) is 30.1 Å². The lowest BCUT2D eigenvalue weighted by molar-refractivity contribution is 0.390. The van der Waals surface area contributed by atoms with E-state index >= 15 is 0 Å². The Hall–Kier alpha value is -1.71. The molecule has 0 aromatic heterocycles. The van der Waals surface area contributed by atoms with Crippen molar-refractivity contribution in [2.24, 2.45) is 11.8 Å². The molecule has 0 heterocycles. The van der Waals surface area contributed by atoms with Crippen LogP contribution in [0.25, 0.3) is 0 Å². The van der Waals surface area contributed by atoms with Gasteiger partial charge in [0.1, 0.15) is 11.5 Å². The molecule has 0 saturated carbocycles. The highest BCUT2D eigenvalue weighted by Gasteiger charge is 2.19. The van der Waals surface area contributed by atoms with Crippen LogP contribution in [0.2, 0.25) is 0 Å². The van der Waals surface area contributed by atoms with Crippen molar-refractivity contribution in [3.63, 3.8) is 0 Å². The van der Waals surface area contributed by atoms with Crippen molar-refractivity contribution in [1.29, 1.82) is 0 Å². The predicted octanol–water partition coefficient (Wildman–Crippen LogP) is 5.95. The highest BCUT2D eigenvalue weighted by atomic mass is 19.1. The third kappa shape index (κ3) is 4.40. The van der Waals surface area contributed by atoms with Crippen LogP contribution in [0.1, 0.15) is 38.8 Å². The molecule has 0 fully saturated rings. The van der Waals surface area contributed by atoms with Gasteiger partial charge in [-0.25, -0.2) is 13.2 Å². The first kappa shape index (κ1) is 19.3. The Morgan fingerprint density at radius 3 is 2.35 bits per heavy atom. The van der Waals surface area contributed by atoms with Gasteiger partial charge in [0, 0.05) is 18.0 Å². The van der Waals surface area contributed by atoms with Crippen LogP contribution >= 0.6 is 0 Å². The largest absolute Gasteiger partial charge is 0.376 e. The molecule has 1 aromatic rings. The van der Waals surface area contributed by atoms with Crippen LogP contribution in [0.5, 0.6) is 0 Å². The van der Waals surface area contributed by atoms with Crippen LogP contribution < -0.4 is 5.32 Å². The number of aryl methyl sites for hydroxylation is 2. The molecule has 128 valence electrons. The second-order valence-corrected chi connectivity index (χ2v) is 6.17. The SMILES string of the molecule is C=C/C(CNc1c(F)c(C)cc(CC)c1F)=C(/F)C(C)C(C)C. The highest BCUT2D eigenvalue weighted by molar-refractivity contribution is 5.53. The Balaban J connectivity index is 3.12. The number of hydrogen-bond donors (Lipinski definition) is 1. The maximum atomic E-state index is 14.4. The molecule has 1 N–H and O–H groups in total. The van der Waals surface area contributed by atoms with Gasteiger partial charge < -0.3 is 5.32 Å². The van der Waals surface area contributed by atoms with E-state index in [0.29, 0.717) is 23.1 Å². The summed E-state index contributed by atoms with van der Waals surface area (Å²) in [5.74, 6) is -1.70. The minimum Gasteiger partial charge on any atom is -0.376 e. The molecule has 0 aliphatic carbocycles. The number of hydrogen-bond acceptors (Lipinski definition) is 1. The van der Waals surface area contributed by atoms with E-state index in [1.54, 1.807) is 20.8 Å². The molecule has 0 radical (unpaired) electrons. The molecule has 1 nitrogen and oxygen atoms in total. The summed E-state index contributed by atoms with van der Waals surface area (Å²) in [5.41, 5.74) is 0.924. The lowest BCUT2D eigenvalue weighted by Gasteiger charge is -2.18. The van der Waals surface area contributed by atoms with Crippen molar-refractivity contribution in [3.8, 4) is 0 Å². The van der Waals surface area contributed by atoms with Crippen molar-refractivity contribution in [1.82, 2.24) is 0 Å². The second kappa shape index (κ2) is 8.23. The molecule has 0 saturated heterocycles. The van der Waals surface area contributed by atoms with Gasteiger partial charge in [-0.1, -0.05) is 46.4 Å². The Morgan fingerprint density at radius 1 is 1.26 bits per heavy atom. The first-order valence-electron chi connectivity index (χ1n) is 7.96. The molecule has 1 aromatic carbocycles. The van der Waals surface area contributed by atoms with Crippen molar-refractivity contribution in [3.05, 3.63) is 52.9 Å². The summed E-state index contributed by atoms with van der Waals surface area (Å²) >= 11 is 0. The summed E-state index contributed by atoms with van der Waals surface area (Å²) < 4.78 is 42.9. The molecule has 4 heteroatoms. The third-order valence-corrected chi connectivity index (χ3v) is 4.25. The van der Waals surface area contributed by atoms with E-state index in [1.165, 1.54) is 12.1 Å². The van der Waals surface area contributed by atoms with E-state index in [0.717, 1.165) is 0 Å². The van der Waals surface area contributed by atoms with Crippen LogP contribution in [-0.2, 0) is 6.42 Å². The molecule has 23 heavy (non-hydrogen) atoms. The van der Waals surface area contributed by atoms with Crippen LogP contribution in [0, 0.1) is 30.4 Å². The summed E-state index contributed by atoms with van der Waals surface area (Å²) in [6, 6.07) is 1.50. The maximum absolute atomic E-state index is 14.4. The molecule has 0 bridgehead atoms. The number of nitrogens with one attached hydrogen (secondary N) is 1. The summed E-state index contributed by atoms with van der Waals surface area (Å²) in [6.07, 6.45) is 1.86. The fraction of sp³-hybridized carbons (Fsp3) is 0.474. The lowest BCUT2D eigenvalue weighted by Crippen LogP contribution is -2.13. The number of anilines is 1. The van der Waals surface area contributed by atoms with Gasteiger partial charge in [0.25, 0.3) is 0 Å². The first-order valence-corrected chi connectivity index (χ1v) is 7.96. The fourth-order valence-corrected chi connectivity index (χ4v) is 2.28. The highest BCUT2D eigenvalue weighted by Crippen LogP contribution is 2.28. The lowest BCUT2D eigenvalue weighted by atomic mass is 9.94. The van der Waals surface area contributed by atoms with E-state index in [-0.39, 0.29) is 29.9 Å². The maximum Gasteiger partial charge on any atom is 0.152 e. The zero-order chi connectivity index (χ0) is 17.7. The van der Waals surface area contributed by atoms with Crippen molar-refractivity contribution >= 4 is 5.69 Å². The molecular formula is C19H26F3N. The van der Waals surface area contributed by atoms with Gasteiger partial charge in [-0.05, 0) is 30.4 Å². The van der Waals surface area contributed by atoms with Crippen molar-refractivity contribution < 1.29 is 13.2 Å². The molecule has 0 amide bonds. The van der Waals surface area contributed by atoms with E-state index in [4.69, 9.17) is 0 Å². The Morgan fingerprint density at radius 2 is 1.87 bits per heavy atom. The topological polar surface area (TPSA) is 12.0 Å². The van der Waals surface area contributed by atoms with E-state index in [9.17, 15) is 13.2 Å². The zero-order valence-electron chi connectivity index (χ0n) is 14.6. The predicted molar refractivity (Wildman–Crippen MR) is 91.3 cm³/mol. The van der Waals surface area contributed by atoms with Crippen LogP contribution in [0.3, 0.4) is 0 Å². The van der Waals surface area contributed by atoms with Crippen molar-refractivity contribution in [2.45, 2.75) is 41.0 Å². The molecule has 0 aliphatic rings. The monoisotopic (exact) mass is 325 g/mol. The molecular weight excluding hydrogens is 299 g/mol. The van der Waals surface area contributed by atoms with Gasteiger partial charge in [-0.15, -0.1) is 0 Å². The first-order chi connectivity index (χ1) is 10.7. The van der Waals surface area contributed by atoms with E-state index in [1.807, 2.05) is 13.8 Å². The number of allylic oxidation sites excluding steroid dienone is 1. The zero-order valence-corrected chi connectivity index (χ0v) is 14.6. The van der Waals surface area contributed by atoms with Gasteiger partial charge in [0.2, 0.25) is 0 Å². The minimum atomic E-state index is -0.638. The molecule has 1 rings (SSSR count). The van der Waals surface area contributed by atoms with E-state index < -0.39 is 11.6 Å². The van der Waals surface area contributed by atoms with E-state index in [2.05, 4.69) is 11.9 Å². The third-order valence-electron chi connectivity index (χ3n) is 4.25. The number of rotatable bonds is 7. The summed E-state index contributed by atoms with van der Waals surface area (Å²) in [7, 11) is 0. The second-order valence-electron chi connectivity index (χ2n) is 6.17. The minimum absolute atomic E-state index is 0.00710. The Bertz CT molecular complexity index is 603. The van der Waals surface area contributed by atoms with Gasteiger partial charge in [0.15, 0.2) is 11.6 Å². The normalized spacial score (nSPS) is 13.8. The number of halogens is 3. The molecule has 0 spiro atoms. The van der Waals surface area contributed by atoms with Crippen LogP contribution in [-0.4, -0.2) is 6.54 Å². The van der Waals surface area contributed by atoms with Gasteiger partial charge >= 0.3 is 0 Å².